The van der Waals surface area contributed by atoms with Crippen molar-refractivity contribution in [3.05, 3.63) is 28.7 Å². The third-order valence-electron chi connectivity index (χ3n) is 3.95. The van der Waals surface area contributed by atoms with Crippen molar-refractivity contribution >= 4 is 27.5 Å². The van der Waals surface area contributed by atoms with Gasteiger partial charge in [-0.2, -0.15) is 0 Å². The van der Waals surface area contributed by atoms with Crippen LogP contribution in [0.3, 0.4) is 0 Å². The smallest absolute Gasteiger partial charge is 0.241 e. The monoisotopic (exact) mass is 340 g/mol. The molecule has 1 aliphatic rings. The Kier molecular flexibility index (Phi) is 5.57. The quantitative estimate of drug-likeness (QED) is 0.885. The van der Waals surface area contributed by atoms with Crippen LogP contribution in [0, 0.1) is 5.92 Å². The molecular formula is C15H21BrN2O2. The molecule has 2 N–H and O–H groups in total. The number of nitrogens with one attached hydrogen (secondary N) is 1. The standard InChI is InChI=1S/C15H21BrN2O2/c1-11(18-8-6-12(10-19)7-9-18)15(20)17-14-4-2-13(16)3-5-14/h2-5,11-12,19H,6-10H2,1H3,(H,17,20). The lowest BCUT2D eigenvalue weighted by Gasteiger charge is -2.34. The van der Waals surface area contributed by atoms with E-state index in [0.29, 0.717) is 5.92 Å². The number of benzene rings is 1. The summed E-state index contributed by atoms with van der Waals surface area (Å²) in [6.07, 6.45) is 1.93. The van der Waals surface area contributed by atoms with Crippen molar-refractivity contribution in [3.8, 4) is 0 Å². The van der Waals surface area contributed by atoms with Gasteiger partial charge in [0, 0.05) is 16.8 Å². The third-order valence-corrected chi connectivity index (χ3v) is 4.47. The van der Waals surface area contributed by atoms with Crippen molar-refractivity contribution in [1.82, 2.24) is 4.90 Å². The predicted octanol–water partition coefficient (Wildman–Crippen LogP) is 2.48. The van der Waals surface area contributed by atoms with Crippen LogP contribution in [0.1, 0.15) is 19.8 Å². The van der Waals surface area contributed by atoms with Gasteiger partial charge in [-0.1, -0.05) is 15.9 Å². The number of aliphatic hydroxyl groups excluding tert-OH is 1. The lowest BCUT2D eigenvalue weighted by Crippen LogP contribution is -2.46. The maximum Gasteiger partial charge on any atom is 0.241 e. The molecular weight excluding hydrogens is 320 g/mol. The number of nitrogens with zero attached hydrogens (tertiary/aromatic N) is 1. The van der Waals surface area contributed by atoms with Crippen molar-refractivity contribution < 1.29 is 9.90 Å². The van der Waals surface area contributed by atoms with E-state index >= 15 is 0 Å². The molecule has 0 spiro atoms. The number of likely N-dealkylation sites (tertiary alicyclic amines) is 1. The first-order chi connectivity index (χ1) is 9.60. The number of rotatable bonds is 4. The van der Waals surface area contributed by atoms with Gasteiger partial charge in [-0.05, 0) is 63.0 Å². The van der Waals surface area contributed by atoms with Gasteiger partial charge in [0.05, 0.1) is 6.04 Å². The average molecular weight is 341 g/mol. The van der Waals surface area contributed by atoms with Crippen LogP contribution in [0.4, 0.5) is 5.69 Å². The fraction of sp³-hybridized carbons (Fsp3) is 0.533. The maximum absolute atomic E-state index is 12.2. The molecule has 1 aliphatic heterocycles. The number of halogens is 1. The van der Waals surface area contributed by atoms with E-state index in [4.69, 9.17) is 5.11 Å². The van der Waals surface area contributed by atoms with Gasteiger partial charge in [0.1, 0.15) is 0 Å². The lowest BCUT2D eigenvalue weighted by molar-refractivity contribution is -0.121. The first-order valence-corrected chi connectivity index (χ1v) is 7.81. The molecule has 1 amide bonds. The molecule has 5 heteroatoms. The number of hydrogen-bond donors (Lipinski definition) is 2. The molecule has 1 fully saturated rings. The largest absolute Gasteiger partial charge is 0.396 e. The Labute approximate surface area is 128 Å². The van der Waals surface area contributed by atoms with Crippen LogP contribution in [0.5, 0.6) is 0 Å². The van der Waals surface area contributed by atoms with Crippen LogP contribution in [0.15, 0.2) is 28.7 Å². The zero-order valence-corrected chi connectivity index (χ0v) is 13.3. The van der Waals surface area contributed by atoms with E-state index in [2.05, 4.69) is 26.1 Å². The van der Waals surface area contributed by atoms with E-state index in [0.717, 1.165) is 36.1 Å². The summed E-state index contributed by atoms with van der Waals surface area (Å²) in [6.45, 7) is 3.95. The van der Waals surface area contributed by atoms with Crippen molar-refractivity contribution in [2.75, 3.05) is 25.0 Å². The van der Waals surface area contributed by atoms with Crippen LogP contribution in [0.25, 0.3) is 0 Å². The number of piperidine rings is 1. The molecule has 110 valence electrons. The Balaban J connectivity index is 1.87. The second-order valence-electron chi connectivity index (χ2n) is 5.33. The number of carbonyl (C=O) groups is 1. The number of carbonyl (C=O) groups excluding carboxylic acids is 1. The summed E-state index contributed by atoms with van der Waals surface area (Å²) in [7, 11) is 0. The number of aliphatic hydroxyl groups is 1. The van der Waals surface area contributed by atoms with Gasteiger partial charge in [0.15, 0.2) is 0 Å². The molecule has 20 heavy (non-hydrogen) atoms. The SMILES string of the molecule is CC(C(=O)Nc1ccc(Br)cc1)N1CCC(CO)CC1. The summed E-state index contributed by atoms with van der Waals surface area (Å²) in [4.78, 5) is 14.4. The van der Waals surface area contributed by atoms with Gasteiger partial charge in [0.25, 0.3) is 0 Å². The van der Waals surface area contributed by atoms with E-state index in [1.165, 1.54) is 0 Å². The molecule has 0 aromatic heterocycles. The topological polar surface area (TPSA) is 52.6 Å². The first-order valence-electron chi connectivity index (χ1n) is 7.01. The minimum absolute atomic E-state index is 0.0229. The van der Waals surface area contributed by atoms with E-state index in [1.54, 1.807) is 0 Å². The Morgan fingerprint density at radius 1 is 1.40 bits per heavy atom. The lowest BCUT2D eigenvalue weighted by atomic mass is 9.97. The molecule has 0 bridgehead atoms. The number of anilines is 1. The summed E-state index contributed by atoms with van der Waals surface area (Å²) in [5.74, 6) is 0.419. The van der Waals surface area contributed by atoms with E-state index < -0.39 is 0 Å². The fourth-order valence-corrected chi connectivity index (χ4v) is 2.73. The average Bonchev–Trinajstić information content (AvgIpc) is 2.49. The number of amides is 1. The molecule has 4 nitrogen and oxygen atoms in total. The zero-order valence-electron chi connectivity index (χ0n) is 11.7. The molecule has 0 saturated carbocycles. The maximum atomic E-state index is 12.2. The highest BCUT2D eigenvalue weighted by molar-refractivity contribution is 9.10. The van der Waals surface area contributed by atoms with Crippen molar-refractivity contribution in [2.24, 2.45) is 5.92 Å². The fourth-order valence-electron chi connectivity index (χ4n) is 2.47. The first kappa shape index (κ1) is 15.5. The summed E-state index contributed by atoms with van der Waals surface area (Å²) in [5.41, 5.74) is 0.815. The second-order valence-corrected chi connectivity index (χ2v) is 6.25. The Morgan fingerprint density at radius 3 is 2.55 bits per heavy atom. The molecule has 1 aromatic carbocycles. The summed E-state index contributed by atoms with van der Waals surface area (Å²) in [6, 6.07) is 7.44. The van der Waals surface area contributed by atoms with Crippen LogP contribution >= 0.6 is 15.9 Å². The van der Waals surface area contributed by atoms with Crippen LogP contribution in [-0.4, -0.2) is 41.7 Å². The van der Waals surface area contributed by atoms with Crippen LogP contribution in [-0.2, 0) is 4.79 Å². The molecule has 2 rings (SSSR count). The van der Waals surface area contributed by atoms with Gasteiger partial charge < -0.3 is 10.4 Å². The van der Waals surface area contributed by atoms with Gasteiger partial charge in [-0.25, -0.2) is 0 Å². The number of hydrogen-bond acceptors (Lipinski definition) is 3. The predicted molar refractivity (Wildman–Crippen MR) is 83.6 cm³/mol. The molecule has 1 atom stereocenters. The highest BCUT2D eigenvalue weighted by Gasteiger charge is 2.26. The van der Waals surface area contributed by atoms with Crippen LogP contribution < -0.4 is 5.32 Å². The Morgan fingerprint density at radius 2 is 2.00 bits per heavy atom. The molecule has 1 saturated heterocycles. The van der Waals surface area contributed by atoms with E-state index in [1.807, 2.05) is 31.2 Å². The molecule has 1 unspecified atom stereocenters. The second kappa shape index (κ2) is 7.20. The van der Waals surface area contributed by atoms with Gasteiger partial charge in [-0.15, -0.1) is 0 Å². The normalized spacial score (nSPS) is 18.8. The van der Waals surface area contributed by atoms with Gasteiger partial charge in [0.2, 0.25) is 5.91 Å². The highest BCUT2D eigenvalue weighted by Crippen LogP contribution is 2.19. The molecule has 1 aromatic rings. The summed E-state index contributed by atoms with van der Waals surface area (Å²) < 4.78 is 0.995. The van der Waals surface area contributed by atoms with Gasteiger partial charge in [-0.3, -0.25) is 9.69 Å². The Hall–Kier alpha value is -0.910. The minimum Gasteiger partial charge on any atom is -0.396 e. The Bertz CT molecular complexity index is 442. The van der Waals surface area contributed by atoms with E-state index in [9.17, 15) is 4.79 Å². The molecule has 1 heterocycles. The molecule has 0 aliphatic carbocycles. The molecule has 0 radical (unpaired) electrons. The third kappa shape index (κ3) is 4.04. The summed E-state index contributed by atoms with van der Waals surface area (Å²) >= 11 is 3.37. The van der Waals surface area contributed by atoms with Gasteiger partial charge >= 0.3 is 0 Å². The van der Waals surface area contributed by atoms with Crippen LogP contribution in [0.2, 0.25) is 0 Å². The minimum atomic E-state index is -0.140. The van der Waals surface area contributed by atoms with Crippen molar-refractivity contribution in [2.45, 2.75) is 25.8 Å². The van der Waals surface area contributed by atoms with Crippen molar-refractivity contribution in [3.63, 3.8) is 0 Å². The van der Waals surface area contributed by atoms with E-state index in [-0.39, 0.29) is 18.6 Å². The zero-order chi connectivity index (χ0) is 14.5. The summed E-state index contributed by atoms with van der Waals surface area (Å²) in [5, 5.41) is 12.1. The van der Waals surface area contributed by atoms with Crippen molar-refractivity contribution in [1.29, 1.82) is 0 Å². The highest BCUT2D eigenvalue weighted by atomic mass is 79.9.